The van der Waals surface area contributed by atoms with E-state index >= 15 is 0 Å². The Labute approximate surface area is 124 Å². The predicted molar refractivity (Wildman–Crippen MR) is 75.7 cm³/mol. The zero-order valence-electron chi connectivity index (χ0n) is 12.4. The smallest absolute Gasteiger partial charge is 0.220 e. The Kier molecular flexibility index (Phi) is 3.14. The molecule has 2 atom stereocenters. The molecule has 1 amide bonds. The first kappa shape index (κ1) is 13.9. The van der Waals surface area contributed by atoms with E-state index in [2.05, 4.69) is 6.07 Å². The Hall–Kier alpha value is -2.06. The number of nitriles is 1. The summed E-state index contributed by atoms with van der Waals surface area (Å²) in [7, 11) is 0. The molecule has 110 valence electrons. The van der Waals surface area contributed by atoms with E-state index in [0.717, 1.165) is 11.3 Å². The van der Waals surface area contributed by atoms with Gasteiger partial charge in [0, 0.05) is 19.0 Å². The molecule has 0 bridgehead atoms. The van der Waals surface area contributed by atoms with Crippen molar-refractivity contribution in [2.24, 2.45) is 0 Å². The fourth-order valence-electron chi connectivity index (χ4n) is 3.22. The highest BCUT2D eigenvalue weighted by molar-refractivity contribution is 5.74. The van der Waals surface area contributed by atoms with Gasteiger partial charge in [-0.1, -0.05) is 0 Å². The highest BCUT2D eigenvalue weighted by Crippen LogP contribution is 2.45. The maximum absolute atomic E-state index is 12.0. The van der Waals surface area contributed by atoms with E-state index in [9.17, 15) is 4.79 Å². The van der Waals surface area contributed by atoms with Crippen LogP contribution in [-0.2, 0) is 9.53 Å². The minimum atomic E-state index is -0.528. The summed E-state index contributed by atoms with van der Waals surface area (Å²) in [4.78, 5) is 13.8. The number of morpholine rings is 1. The lowest BCUT2D eigenvalue weighted by Crippen LogP contribution is -2.59. The number of amides is 1. The van der Waals surface area contributed by atoms with Crippen LogP contribution in [0.15, 0.2) is 18.2 Å². The van der Waals surface area contributed by atoms with Gasteiger partial charge in [0.1, 0.15) is 17.5 Å². The van der Waals surface area contributed by atoms with Gasteiger partial charge >= 0.3 is 0 Å². The van der Waals surface area contributed by atoms with Gasteiger partial charge in [0.15, 0.2) is 0 Å². The molecule has 0 saturated carbocycles. The van der Waals surface area contributed by atoms with E-state index in [1.165, 1.54) is 0 Å². The minimum absolute atomic E-state index is 0.0133. The number of ether oxygens (including phenoxy) is 2. The SMILES string of the molecule is CC(=O)N1CCO[C@@H]2[C@H]1c1cc(C#N)ccc1OC2(C)C. The first-order valence-electron chi connectivity index (χ1n) is 7.06. The summed E-state index contributed by atoms with van der Waals surface area (Å²) in [5, 5.41) is 9.11. The molecule has 2 aliphatic rings. The number of rotatable bonds is 0. The molecule has 1 saturated heterocycles. The molecule has 2 heterocycles. The number of nitrogens with zero attached hydrogens (tertiary/aromatic N) is 2. The monoisotopic (exact) mass is 286 g/mol. The van der Waals surface area contributed by atoms with Crippen molar-refractivity contribution in [2.75, 3.05) is 13.2 Å². The maximum Gasteiger partial charge on any atom is 0.220 e. The fourth-order valence-corrected chi connectivity index (χ4v) is 3.22. The molecular weight excluding hydrogens is 268 g/mol. The van der Waals surface area contributed by atoms with Crippen molar-refractivity contribution in [1.29, 1.82) is 5.26 Å². The summed E-state index contributed by atoms with van der Waals surface area (Å²) in [6.45, 7) is 6.56. The van der Waals surface area contributed by atoms with Crippen LogP contribution in [0, 0.1) is 11.3 Å². The molecule has 21 heavy (non-hydrogen) atoms. The molecule has 0 spiro atoms. The third-order valence-corrected chi connectivity index (χ3v) is 4.17. The molecule has 5 heteroatoms. The lowest BCUT2D eigenvalue weighted by atomic mass is 9.84. The van der Waals surface area contributed by atoms with Crippen LogP contribution in [0.3, 0.4) is 0 Å². The molecule has 1 fully saturated rings. The number of benzene rings is 1. The Morgan fingerprint density at radius 3 is 2.90 bits per heavy atom. The molecule has 0 radical (unpaired) electrons. The van der Waals surface area contributed by atoms with E-state index in [1.807, 2.05) is 18.7 Å². The van der Waals surface area contributed by atoms with Gasteiger partial charge in [-0.3, -0.25) is 4.79 Å². The largest absolute Gasteiger partial charge is 0.485 e. The Balaban J connectivity index is 2.16. The average Bonchev–Trinajstić information content (AvgIpc) is 2.46. The fraction of sp³-hybridized carbons (Fsp3) is 0.500. The third kappa shape index (κ3) is 2.16. The lowest BCUT2D eigenvalue weighted by molar-refractivity contribution is -0.173. The average molecular weight is 286 g/mol. The summed E-state index contributed by atoms with van der Waals surface area (Å²) < 4.78 is 12.0. The van der Waals surface area contributed by atoms with E-state index in [4.69, 9.17) is 14.7 Å². The normalized spacial score (nSPS) is 26.1. The van der Waals surface area contributed by atoms with Crippen LogP contribution in [0.4, 0.5) is 0 Å². The molecule has 0 aromatic heterocycles. The van der Waals surface area contributed by atoms with Gasteiger partial charge in [0.05, 0.1) is 24.3 Å². The second-order valence-electron chi connectivity index (χ2n) is 6.02. The number of carbonyl (C=O) groups excluding carboxylic acids is 1. The molecule has 1 aromatic rings. The highest BCUT2D eigenvalue weighted by atomic mass is 16.6. The second-order valence-corrected chi connectivity index (χ2v) is 6.02. The molecule has 0 unspecified atom stereocenters. The van der Waals surface area contributed by atoms with Gasteiger partial charge in [0.25, 0.3) is 0 Å². The molecule has 5 nitrogen and oxygen atoms in total. The number of hydrogen-bond donors (Lipinski definition) is 0. The molecule has 3 rings (SSSR count). The first-order chi connectivity index (χ1) is 9.94. The Morgan fingerprint density at radius 1 is 1.48 bits per heavy atom. The highest BCUT2D eigenvalue weighted by Gasteiger charge is 2.49. The number of fused-ring (bicyclic) bond motifs is 3. The zero-order valence-corrected chi connectivity index (χ0v) is 12.4. The number of carbonyl (C=O) groups is 1. The zero-order chi connectivity index (χ0) is 15.2. The van der Waals surface area contributed by atoms with Crippen LogP contribution in [0.1, 0.15) is 37.9 Å². The van der Waals surface area contributed by atoms with Crippen LogP contribution in [0.2, 0.25) is 0 Å². The van der Waals surface area contributed by atoms with Crippen molar-refractivity contribution in [3.8, 4) is 11.8 Å². The van der Waals surface area contributed by atoms with Crippen LogP contribution >= 0.6 is 0 Å². The molecular formula is C16H18N2O3. The lowest BCUT2D eigenvalue weighted by Gasteiger charge is -2.50. The predicted octanol–water partition coefficient (Wildman–Crippen LogP) is 2.02. The van der Waals surface area contributed by atoms with Crippen LogP contribution < -0.4 is 4.74 Å². The molecule has 0 aliphatic carbocycles. The van der Waals surface area contributed by atoms with Crippen molar-refractivity contribution in [2.45, 2.75) is 38.5 Å². The van der Waals surface area contributed by atoms with E-state index in [1.54, 1.807) is 25.1 Å². The summed E-state index contributed by atoms with van der Waals surface area (Å²) in [6, 6.07) is 7.27. The first-order valence-corrected chi connectivity index (χ1v) is 7.06. The van der Waals surface area contributed by atoms with Crippen LogP contribution in [0.5, 0.6) is 5.75 Å². The standard InChI is InChI=1S/C16H18N2O3/c1-10(19)18-6-7-20-15-14(18)12-8-11(9-17)4-5-13(12)21-16(15,2)3/h4-5,8,14-15H,6-7H2,1-3H3/t14-,15-/m1/s1. The van der Waals surface area contributed by atoms with Crippen molar-refractivity contribution in [1.82, 2.24) is 4.90 Å². The van der Waals surface area contributed by atoms with Crippen molar-refractivity contribution < 1.29 is 14.3 Å². The Bertz CT molecular complexity index is 633. The summed E-state index contributed by atoms with van der Waals surface area (Å²) >= 11 is 0. The van der Waals surface area contributed by atoms with Gasteiger partial charge in [-0.15, -0.1) is 0 Å². The van der Waals surface area contributed by atoms with Gasteiger partial charge < -0.3 is 14.4 Å². The topological polar surface area (TPSA) is 62.6 Å². The summed E-state index contributed by atoms with van der Waals surface area (Å²) in [5.41, 5.74) is 0.887. The minimum Gasteiger partial charge on any atom is -0.485 e. The number of hydrogen-bond acceptors (Lipinski definition) is 4. The second kappa shape index (κ2) is 4.74. The summed E-state index contributed by atoms with van der Waals surface area (Å²) in [6.07, 6.45) is -0.239. The van der Waals surface area contributed by atoms with E-state index < -0.39 is 5.60 Å². The van der Waals surface area contributed by atoms with Crippen molar-refractivity contribution in [3.05, 3.63) is 29.3 Å². The molecule has 1 aromatic carbocycles. The van der Waals surface area contributed by atoms with Crippen molar-refractivity contribution >= 4 is 5.91 Å². The van der Waals surface area contributed by atoms with Crippen molar-refractivity contribution in [3.63, 3.8) is 0 Å². The van der Waals surface area contributed by atoms with Gasteiger partial charge in [-0.25, -0.2) is 0 Å². The van der Waals surface area contributed by atoms with Crippen LogP contribution in [-0.4, -0.2) is 35.7 Å². The maximum atomic E-state index is 12.0. The Morgan fingerprint density at radius 2 is 2.24 bits per heavy atom. The van der Waals surface area contributed by atoms with Gasteiger partial charge in [-0.2, -0.15) is 5.26 Å². The van der Waals surface area contributed by atoms with E-state index in [-0.39, 0.29) is 18.1 Å². The van der Waals surface area contributed by atoms with E-state index in [0.29, 0.717) is 18.7 Å². The summed E-state index contributed by atoms with van der Waals surface area (Å²) in [5.74, 6) is 0.733. The molecule has 0 N–H and O–H groups in total. The molecule has 2 aliphatic heterocycles. The third-order valence-electron chi connectivity index (χ3n) is 4.17. The van der Waals surface area contributed by atoms with Gasteiger partial charge in [-0.05, 0) is 32.0 Å². The van der Waals surface area contributed by atoms with Gasteiger partial charge in [0.2, 0.25) is 5.91 Å². The van der Waals surface area contributed by atoms with Crippen LogP contribution in [0.25, 0.3) is 0 Å². The quantitative estimate of drug-likeness (QED) is 0.732.